The number of hydrogen-bond acceptors (Lipinski definition) is 10. The van der Waals surface area contributed by atoms with Crippen LogP contribution >= 0.6 is 11.3 Å². The molecule has 2 atom stereocenters. The van der Waals surface area contributed by atoms with Crippen LogP contribution in [0, 0.1) is 28.6 Å². The molecule has 3 amide bonds. The Morgan fingerprint density at radius 1 is 1.11 bits per heavy atom. The van der Waals surface area contributed by atoms with Crippen LogP contribution in [0.15, 0.2) is 47.1 Å². The number of carbonyl (C=O) groups excluding carboxylic acids is 4. The molecule has 3 fully saturated rings. The van der Waals surface area contributed by atoms with Crippen LogP contribution in [0.25, 0.3) is 22.3 Å². The second-order valence-electron chi connectivity index (χ2n) is 18.0. The summed E-state index contributed by atoms with van der Waals surface area (Å²) in [5.74, 6) is 3.28. The van der Waals surface area contributed by atoms with Gasteiger partial charge in [-0.15, -0.1) is 17.9 Å². The van der Waals surface area contributed by atoms with E-state index in [9.17, 15) is 32.4 Å². The Kier molecular flexibility index (Phi) is 21.6. The molecule has 3 aromatic rings. The normalized spacial score (nSPS) is 18.0. The molecular formula is C46H71N5O8S2. The van der Waals surface area contributed by atoms with Gasteiger partial charge in [0.2, 0.25) is 28.8 Å². The fraction of sp³-hybridized carbons (Fsp3) is 0.609. The zero-order chi connectivity index (χ0) is 46.0. The number of pyridine rings is 1. The van der Waals surface area contributed by atoms with Gasteiger partial charge < -0.3 is 19.9 Å². The Balaban J connectivity index is 0.000000300. The zero-order valence-corrected chi connectivity index (χ0v) is 39.7. The summed E-state index contributed by atoms with van der Waals surface area (Å²) < 4.78 is 28.3. The van der Waals surface area contributed by atoms with Gasteiger partial charge in [0.1, 0.15) is 11.5 Å². The third-order valence-corrected chi connectivity index (χ3v) is 13.8. The van der Waals surface area contributed by atoms with E-state index in [4.69, 9.17) is 4.74 Å². The third kappa shape index (κ3) is 19.1. The summed E-state index contributed by atoms with van der Waals surface area (Å²) in [7, 11) is 0.117. The molecule has 6 rings (SSSR count). The SMILES string of the molecule is C=CCCCCN(C)C=O.CC(=O)C1CCCC1.CC(C)[C@]1(C)C[C@H]1C.COc1ccc2c(=O)cc(-c3csc(NC(=O)CC(C)(C)C)n3)[nH]c2c1.O=CNS(=O)(=O)C1CC1. The maximum absolute atomic E-state index is 12.4. The van der Waals surface area contributed by atoms with Crippen LogP contribution in [-0.2, 0) is 29.2 Å². The average Bonchev–Trinajstić information content (AvgIpc) is 4.00. The molecule has 0 saturated heterocycles. The van der Waals surface area contributed by atoms with Gasteiger partial charge >= 0.3 is 0 Å². The van der Waals surface area contributed by atoms with Crippen molar-refractivity contribution in [3.05, 3.63) is 52.5 Å². The Hall–Kier alpha value is -4.37. The molecule has 0 aliphatic heterocycles. The lowest BCUT2D eigenvalue weighted by Crippen LogP contribution is -2.25. The number of sulfonamides is 1. The third-order valence-electron chi connectivity index (χ3n) is 11.2. The van der Waals surface area contributed by atoms with Crippen molar-refractivity contribution in [3.8, 4) is 17.1 Å². The first-order valence-electron chi connectivity index (χ1n) is 21.3. The number of ether oxygens (including phenoxy) is 1. The minimum Gasteiger partial charge on any atom is -0.497 e. The monoisotopic (exact) mass is 885 g/mol. The van der Waals surface area contributed by atoms with Gasteiger partial charge in [-0.1, -0.05) is 67.4 Å². The molecule has 0 radical (unpaired) electrons. The van der Waals surface area contributed by atoms with Crippen molar-refractivity contribution in [2.45, 2.75) is 131 Å². The number of aromatic amines is 1. The Labute approximate surface area is 368 Å². The predicted octanol–water partition coefficient (Wildman–Crippen LogP) is 9.14. The predicted molar refractivity (Wildman–Crippen MR) is 248 cm³/mol. The number of nitrogens with zero attached hydrogens (tertiary/aromatic N) is 2. The van der Waals surface area contributed by atoms with Crippen LogP contribution < -0.4 is 20.2 Å². The van der Waals surface area contributed by atoms with E-state index in [1.807, 2.05) is 32.2 Å². The van der Waals surface area contributed by atoms with Gasteiger partial charge in [0.25, 0.3) is 0 Å². The van der Waals surface area contributed by atoms with Crippen LogP contribution in [0.4, 0.5) is 5.13 Å². The molecule has 2 aromatic heterocycles. The summed E-state index contributed by atoms with van der Waals surface area (Å²) in [5, 5.41) is 5.42. The van der Waals surface area contributed by atoms with Crippen molar-refractivity contribution < 1.29 is 32.3 Å². The van der Waals surface area contributed by atoms with E-state index >= 15 is 0 Å². The number of H-pyrrole nitrogens is 1. The number of thiazole rings is 1. The van der Waals surface area contributed by atoms with E-state index in [2.05, 4.69) is 49.6 Å². The molecule has 1 aromatic carbocycles. The molecule has 3 aliphatic rings. The highest BCUT2D eigenvalue weighted by Gasteiger charge is 2.48. The fourth-order valence-electron chi connectivity index (χ4n) is 6.58. The van der Waals surface area contributed by atoms with Crippen molar-refractivity contribution in [2.24, 2.45) is 28.6 Å². The van der Waals surface area contributed by atoms with Gasteiger partial charge in [0, 0.05) is 48.8 Å². The van der Waals surface area contributed by atoms with Crippen LogP contribution in [0.3, 0.4) is 0 Å². The molecule has 0 unspecified atom stereocenters. The number of rotatable bonds is 15. The number of Topliss-reactive ketones (excluding diaryl/α,β-unsaturated/α-hetero) is 1. The largest absolute Gasteiger partial charge is 0.497 e. The summed E-state index contributed by atoms with van der Waals surface area (Å²) in [6.07, 6.45) is 14.3. The highest BCUT2D eigenvalue weighted by Crippen LogP contribution is 2.56. The summed E-state index contributed by atoms with van der Waals surface area (Å²) in [4.78, 5) is 64.1. The minimum atomic E-state index is -3.26. The van der Waals surface area contributed by atoms with Crippen molar-refractivity contribution in [2.75, 3.05) is 26.0 Å². The second-order valence-corrected chi connectivity index (χ2v) is 20.8. The molecule has 13 nitrogen and oxygen atoms in total. The van der Waals surface area contributed by atoms with E-state index < -0.39 is 10.0 Å². The number of allylic oxidation sites excluding steroid dienone is 1. The Bertz CT molecular complexity index is 2050. The first kappa shape index (κ1) is 52.8. The van der Waals surface area contributed by atoms with Crippen LogP contribution in [0.2, 0.25) is 0 Å². The Morgan fingerprint density at radius 2 is 1.75 bits per heavy atom. The molecular weight excluding hydrogens is 815 g/mol. The van der Waals surface area contributed by atoms with Crippen LogP contribution in [0.5, 0.6) is 5.75 Å². The number of aromatic nitrogens is 2. The quantitative estimate of drug-likeness (QED) is 0.0761. The molecule has 15 heteroatoms. The maximum Gasteiger partial charge on any atom is 0.237 e. The molecule has 2 heterocycles. The summed E-state index contributed by atoms with van der Waals surface area (Å²) >= 11 is 1.33. The van der Waals surface area contributed by atoms with Crippen LogP contribution in [0.1, 0.15) is 126 Å². The van der Waals surface area contributed by atoms with Crippen LogP contribution in [-0.4, -0.2) is 73.7 Å². The highest BCUT2D eigenvalue weighted by atomic mass is 32.2. The number of fused-ring (bicyclic) bond motifs is 1. The number of carbonyl (C=O) groups is 4. The van der Waals surface area contributed by atoms with Gasteiger partial charge in [-0.3, -0.25) is 28.7 Å². The molecule has 61 heavy (non-hydrogen) atoms. The second kappa shape index (κ2) is 24.9. The van der Waals surface area contributed by atoms with Gasteiger partial charge in [-0.2, -0.15) is 0 Å². The summed E-state index contributed by atoms with van der Waals surface area (Å²) in [6.45, 7) is 21.6. The average molecular weight is 886 g/mol. The smallest absolute Gasteiger partial charge is 0.237 e. The van der Waals surface area contributed by atoms with E-state index in [1.165, 1.54) is 36.7 Å². The molecule has 0 spiro atoms. The minimum absolute atomic E-state index is 0.0739. The summed E-state index contributed by atoms with van der Waals surface area (Å²) in [5.41, 5.74) is 2.42. The number of methoxy groups -OCH3 is 1. The highest BCUT2D eigenvalue weighted by molar-refractivity contribution is 7.90. The molecule has 3 N–H and O–H groups in total. The number of nitrogens with one attached hydrogen (secondary N) is 3. The molecule has 0 bridgehead atoms. The van der Waals surface area contributed by atoms with Crippen molar-refractivity contribution in [3.63, 3.8) is 0 Å². The maximum atomic E-state index is 12.4. The molecule has 340 valence electrons. The lowest BCUT2D eigenvalue weighted by Gasteiger charge is -2.16. The zero-order valence-electron chi connectivity index (χ0n) is 38.1. The van der Waals surface area contributed by atoms with E-state index in [0.717, 1.165) is 56.9 Å². The van der Waals surface area contributed by atoms with Gasteiger partial charge in [-0.05, 0) is 93.1 Å². The number of hydrogen-bond donors (Lipinski definition) is 3. The molecule has 3 saturated carbocycles. The van der Waals surface area contributed by atoms with Crippen molar-refractivity contribution >= 4 is 61.9 Å². The number of amides is 3. The lowest BCUT2D eigenvalue weighted by molar-refractivity contribution is -0.120. The molecule has 3 aliphatic carbocycles. The first-order valence-corrected chi connectivity index (χ1v) is 23.7. The number of ketones is 1. The van der Waals surface area contributed by atoms with Crippen molar-refractivity contribution in [1.82, 2.24) is 19.6 Å². The van der Waals surface area contributed by atoms with E-state index in [-0.39, 0.29) is 28.4 Å². The fourth-order valence-corrected chi connectivity index (χ4v) is 8.39. The topological polar surface area (TPSA) is 185 Å². The Morgan fingerprint density at radius 3 is 2.21 bits per heavy atom. The number of unbranched alkanes of at least 4 members (excludes halogenated alkanes) is 2. The summed E-state index contributed by atoms with van der Waals surface area (Å²) in [6, 6.07) is 6.78. The number of anilines is 1. The van der Waals surface area contributed by atoms with Crippen molar-refractivity contribution in [1.29, 1.82) is 0 Å². The van der Waals surface area contributed by atoms with Gasteiger partial charge in [0.15, 0.2) is 10.6 Å². The van der Waals surface area contributed by atoms with Gasteiger partial charge in [-0.25, -0.2) is 13.4 Å². The van der Waals surface area contributed by atoms with E-state index in [1.54, 1.807) is 48.9 Å². The van der Waals surface area contributed by atoms with E-state index in [0.29, 0.717) is 69.6 Å². The standard InChI is InChI=1S/C19H21N3O3S.C8H15NO.C8H16.C7H12O.C4H7NO3S/c1-19(2,3)9-17(24)22-18-21-15(10-26-18)14-8-16(23)12-6-5-11(25-4)7-13(12)20-14;1-3-4-5-6-7-9(2)8-10;1-6(2)8(4)5-7(8)3;1-6(8)7-4-2-3-5-7;6-3-5-9(7,8)4-1-2-4/h5-8,10H,9H2,1-4H3,(H,20,23)(H,21,22,24);3,8H,1,4-7H2,2H3;6-7H,5H2,1-4H3;7H,2-5H2,1H3;3-4H,1-2H2,(H,5,6)/t;;7-,8+;;/m..1../s1. The van der Waals surface area contributed by atoms with Gasteiger partial charge in [0.05, 0.1) is 29.3 Å². The lowest BCUT2D eigenvalue weighted by atomic mass is 9.92. The number of benzene rings is 1. The first-order chi connectivity index (χ1) is 28.6.